The molecule has 0 radical (unpaired) electrons. The second-order valence-electron chi connectivity index (χ2n) is 6.29. The molecule has 27 heavy (non-hydrogen) atoms. The number of imide groups is 1. The third-order valence-corrected chi connectivity index (χ3v) is 4.55. The fraction of sp³-hybridized carbons (Fsp3) is 0.389. The summed E-state index contributed by atoms with van der Waals surface area (Å²) >= 11 is 6.09. The molecule has 0 atom stereocenters. The quantitative estimate of drug-likeness (QED) is 0.741. The molecule has 1 heterocycles. The van der Waals surface area contributed by atoms with E-state index in [4.69, 9.17) is 11.6 Å². The topological polar surface area (TPSA) is 102 Å². The molecule has 8 nitrogen and oxygen atoms in total. The van der Waals surface area contributed by atoms with Crippen molar-refractivity contribution in [1.82, 2.24) is 30.8 Å². The lowest BCUT2D eigenvalue weighted by Gasteiger charge is -2.13. The zero-order valence-electron chi connectivity index (χ0n) is 14.8. The molecule has 0 saturated heterocycles. The minimum absolute atomic E-state index is 0.212. The van der Waals surface area contributed by atoms with Crippen molar-refractivity contribution in [1.29, 1.82) is 0 Å². The van der Waals surface area contributed by atoms with Crippen molar-refractivity contribution in [3.05, 3.63) is 40.9 Å². The molecule has 1 aromatic carbocycles. The molecule has 1 aliphatic carbocycles. The number of aromatic nitrogens is 4. The van der Waals surface area contributed by atoms with Crippen LogP contribution in [-0.4, -0.2) is 38.7 Å². The van der Waals surface area contributed by atoms with Gasteiger partial charge in [-0.3, -0.25) is 10.1 Å². The van der Waals surface area contributed by atoms with Crippen LogP contribution in [0.3, 0.4) is 0 Å². The maximum absolute atomic E-state index is 12.0. The number of hydrogen-bond acceptors (Lipinski definition) is 5. The second-order valence-corrected chi connectivity index (χ2v) is 6.69. The van der Waals surface area contributed by atoms with Gasteiger partial charge in [-0.1, -0.05) is 35.4 Å². The molecule has 2 aromatic rings. The predicted octanol–water partition coefficient (Wildman–Crippen LogP) is 2.71. The average molecular weight is 389 g/mol. The monoisotopic (exact) mass is 388 g/mol. The van der Waals surface area contributed by atoms with E-state index in [1.54, 1.807) is 18.2 Å². The van der Waals surface area contributed by atoms with E-state index in [-0.39, 0.29) is 6.54 Å². The smallest absolute Gasteiger partial charge is 0.321 e. The lowest BCUT2D eigenvalue weighted by molar-refractivity contribution is -0.121. The number of urea groups is 1. The first kappa shape index (κ1) is 19.0. The van der Waals surface area contributed by atoms with E-state index >= 15 is 0 Å². The molecule has 0 bridgehead atoms. The van der Waals surface area contributed by atoms with E-state index in [0.29, 0.717) is 23.0 Å². The summed E-state index contributed by atoms with van der Waals surface area (Å²) in [5, 5.41) is 17.3. The van der Waals surface area contributed by atoms with Gasteiger partial charge in [0, 0.05) is 12.1 Å². The predicted molar refractivity (Wildman–Crippen MR) is 101 cm³/mol. The van der Waals surface area contributed by atoms with Crippen LogP contribution in [-0.2, 0) is 11.3 Å². The van der Waals surface area contributed by atoms with Gasteiger partial charge in [-0.2, -0.15) is 4.80 Å². The molecule has 2 N–H and O–H groups in total. The van der Waals surface area contributed by atoms with Gasteiger partial charge in [0.1, 0.15) is 6.54 Å². The van der Waals surface area contributed by atoms with E-state index in [1.165, 1.54) is 18.4 Å². The summed E-state index contributed by atoms with van der Waals surface area (Å²) in [5.74, 6) is -0.203. The van der Waals surface area contributed by atoms with Gasteiger partial charge in [-0.15, -0.1) is 10.2 Å². The first-order chi connectivity index (χ1) is 13.1. The number of allylic oxidation sites excluding steroid dienone is 1. The number of rotatable bonds is 6. The zero-order chi connectivity index (χ0) is 19.1. The van der Waals surface area contributed by atoms with Crippen LogP contribution in [0.25, 0.3) is 11.4 Å². The van der Waals surface area contributed by atoms with E-state index in [1.807, 2.05) is 6.07 Å². The summed E-state index contributed by atoms with van der Waals surface area (Å²) in [7, 11) is 0. The highest BCUT2D eigenvalue weighted by atomic mass is 35.5. The van der Waals surface area contributed by atoms with E-state index in [0.717, 1.165) is 24.1 Å². The van der Waals surface area contributed by atoms with Crippen LogP contribution in [0.4, 0.5) is 4.79 Å². The van der Waals surface area contributed by atoms with Crippen molar-refractivity contribution in [2.45, 2.75) is 38.6 Å². The number of carbonyl (C=O) groups excluding carboxylic acids is 2. The van der Waals surface area contributed by atoms with Crippen molar-refractivity contribution in [3.8, 4) is 11.4 Å². The van der Waals surface area contributed by atoms with Crippen LogP contribution in [0.15, 0.2) is 35.9 Å². The zero-order valence-corrected chi connectivity index (χ0v) is 15.6. The number of carbonyl (C=O) groups is 2. The van der Waals surface area contributed by atoms with Crippen molar-refractivity contribution >= 4 is 23.5 Å². The highest BCUT2D eigenvalue weighted by Crippen LogP contribution is 2.23. The Morgan fingerprint density at radius 3 is 2.85 bits per heavy atom. The summed E-state index contributed by atoms with van der Waals surface area (Å²) in [4.78, 5) is 24.9. The first-order valence-electron chi connectivity index (χ1n) is 8.90. The molecule has 1 aliphatic rings. The largest absolute Gasteiger partial charge is 0.337 e. The van der Waals surface area contributed by atoms with E-state index in [2.05, 4.69) is 32.1 Å². The highest BCUT2D eigenvalue weighted by molar-refractivity contribution is 6.33. The van der Waals surface area contributed by atoms with Gasteiger partial charge in [-0.25, -0.2) is 4.79 Å². The summed E-state index contributed by atoms with van der Waals surface area (Å²) in [5.41, 5.74) is 1.99. The third-order valence-electron chi connectivity index (χ3n) is 4.22. The molecular formula is C18H21ClN6O2. The summed E-state index contributed by atoms with van der Waals surface area (Å²) in [6.45, 7) is 0.291. The van der Waals surface area contributed by atoms with Crippen LogP contribution in [0.1, 0.15) is 32.1 Å². The molecule has 3 rings (SSSR count). The van der Waals surface area contributed by atoms with E-state index in [9.17, 15) is 9.59 Å². The molecule has 0 saturated carbocycles. The number of nitrogens with zero attached hydrogens (tertiary/aromatic N) is 4. The number of hydrogen-bond donors (Lipinski definition) is 2. The molecule has 0 unspecified atom stereocenters. The molecule has 1 aromatic heterocycles. The fourth-order valence-electron chi connectivity index (χ4n) is 2.87. The van der Waals surface area contributed by atoms with Crippen LogP contribution in [0, 0.1) is 0 Å². The fourth-order valence-corrected chi connectivity index (χ4v) is 3.09. The van der Waals surface area contributed by atoms with Crippen molar-refractivity contribution in [2.75, 3.05) is 6.54 Å². The summed E-state index contributed by atoms with van der Waals surface area (Å²) in [6.07, 6.45) is 7.70. The maximum Gasteiger partial charge on any atom is 0.321 e. The van der Waals surface area contributed by atoms with Gasteiger partial charge in [-0.05, 0) is 49.5 Å². The minimum Gasteiger partial charge on any atom is -0.337 e. The Morgan fingerprint density at radius 1 is 1.22 bits per heavy atom. The third kappa shape index (κ3) is 5.62. The number of amides is 3. The average Bonchev–Trinajstić information content (AvgIpc) is 3.11. The van der Waals surface area contributed by atoms with Crippen molar-refractivity contribution < 1.29 is 9.59 Å². The first-order valence-corrected chi connectivity index (χ1v) is 9.28. The van der Waals surface area contributed by atoms with Gasteiger partial charge < -0.3 is 5.32 Å². The van der Waals surface area contributed by atoms with Gasteiger partial charge in [0.15, 0.2) is 0 Å². The number of tetrazole rings is 1. The Hall–Kier alpha value is -2.74. The van der Waals surface area contributed by atoms with Crippen LogP contribution < -0.4 is 10.6 Å². The van der Waals surface area contributed by atoms with Gasteiger partial charge in [0.05, 0.1) is 5.02 Å². The number of halogens is 1. The molecule has 142 valence electrons. The van der Waals surface area contributed by atoms with Gasteiger partial charge >= 0.3 is 6.03 Å². The second kappa shape index (κ2) is 9.27. The lowest BCUT2D eigenvalue weighted by Crippen LogP contribution is -2.41. The molecule has 0 aliphatic heterocycles. The minimum atomic E-state index is -0.525. The number of benzene rings is 1. The molecule has 0 fully saturated rings. The SMILES string of the molecule is O=C(Cn1nnc(-c2ccccc2Cl)n1)NC(=O)NCCC1=CCCCC1. The normalized spacial score (nSPS) is 13.7. The standard InChI is InChI=1S/C18H21ClN6O2/c19-15-9-5-4-8-14(15)17-22-24-25(23-17)12-16(26)21-18(27)20-11-10-13-6-2-1-3-7-13/h4-6,8-9H,1-3,7,10-12H2,(H2,20,21,26,27). The summed E-state index contributed by atoms with van der Waals surface area (Å²) in [6, 6.07) is 6.56. The van der Waals surface area contributed by atoms with Crippen molar-refractivity contribution in [2.24, 2.45) is 0 Å². The molecular weight excluding hydrogens is 368 g/mol. The summed E-state index contributed by atoms with van der Waals surface area (Å²) < 4.78 is 0. The lowest BCUT2D eigenvalue weighted by atomic mass is 9.97. The van der Waals surface area contributed by atoms with Gasteiger partial charge in [0.25, 0.3) is 5.91 Å². The van der Waals surface area contributed by atoms with Crippen LogP contribution in [0.5, 0.6) is 0 Å². The van der Waals surface area contributed by atoms with Crippen molar-refractivity contribution in [3.63, 3.8) is 0 Å². The highest BCUT2D eigenvalue weighted by Gasteiger charge is 2.13. The Balaban J connectivity index is 1.44. The Morgan fingerprint density at radius 2 is 2.07 bits per heavy atom. The van der Waals surface area contributed by atoms with Crippen LogP contribution >= 0.6 is 11.6 Å². The molecule has 0 spiro atoms. The Bertz CT molecular complexity index is 848. The van der Waals surface area contributed by atoms with E-state index < -0.39 is 11.9 Å². The molecule has 3 amide bonds. The number of nitrogens with one attached hydrogen (secondary N) is 2. The molecule has 9 heteroatoms. The maximum atomic E-state index is 12.0. The Kier molecular flexibility index (Phi) is 6.54. The van der Waals surface area contributed by atoms with Gasteiger partial charge in [0.2, 0.25) is 5.82 Å². The van der Waals surface area contributed by atoms with Crippen LogP contribution in [0.2, 0.25) is 5.02 Å². The Labute approximate surface area is 162 Å².